The second-order valence-electron chi connectivity index (χ2n) is 5.44. The lowest BCUT2D eigenvalue weighted by atomic mass is 10.2. The van der Waals surface area contributed by atoms with Gasteiger partial charge in [0.1, 0.15) is 17.1 Å². The molecule has 1 N–H and O–H groups in total. The molecule has 0 unspecified atom stereocenters. The maximum Gasteiger partial charge on any atom is 0.143 e. The molecule has 2 rings (SSSR count). The van der Waals surface area contributed by atoms with E-state index in [1.165, 1.54) is 12.8 Å². The highest BCUT2D eigenvalue weighted by atomic mass is 16.5. The van der Waals surface area contributed by atoms with Gasteiger partial charge in [-0.3, -0.25) is 0 Å². The van der Waals surface area contributed by atoms with Gasteiger partial charge in [0.15, 0.2) is 0 Å². The van der Waals surface area contributed by atoms with E-state index in [4.69, 9.17) is 9.47 Å². The lowest BCUT2D eigenvalue weighted by molar-refractivity contribution is 0.131. The van der Waals surface area contributed by atoms with Gasteiger partial charge in [0, 0.05) is 13.1 Å². The van der Waals surface area contributed by atoms with Crippen molar-refractivity contribution in [3.63, 3.8) is 0 Å². The highest BCUT2D eigenvalue weighted by Crippen LogP contribution is 2.35. The van der Waals surface area contributed by atoms with Gasteiger partial charge in [0.25, 0.3) is 0 Å². The van der Waals surface area contributed by atoms with Crippen LogP contribution in [0.5, 0.6) is 11.5 Å². The molecule has 0 saturated heterocycles. The summed E-state index contributed by atoms with van der Waals surface area (Å²) in [6, 6.07) is 5.93. The van der Waals surface area contributed by atoms with E-state index in [0.717, 1.165) is 17.2 Å². The summed E-state index contributed by atoms with van der Waals surface area (Å²) in [5.74, 6) is 1.78. The molecule has 0 amide bonds. The summed E-state index contributed by atoms with van der Waals surface area (Å²) in [5.41, 5.74) is 0.808. The van der Waals surface area contributed by atoms with Crippen LogP contribution in [0.25, 0.3) is 0 Å². The SMILES string of the molecule is CNc1cc(OC(C)(C)C)ccc1OC1CC1. The molecular formula is C14H21NO2. The molecule has 0 spiro atoms. The summed E-state index contributed by atoms with van der Waals surface area (Å²) < 4.78 is 11.6. The first kappa shape index (κ1) is 12.1. The van der Waals surface area contributed by atoms with Crippen LogP contribution in [0.4, 0.5) is 5.69 Å². The fraction of sp³-hybridized carbons (Fsp3) is 0.571. The minimum absolute atomic E-state index is 0.177. The highest BCUT2D eigenvalue weighted by Gasteiger charge is 2.24. The average Bonchev–Trinajstić information content (AvgIpc) is 3.02. The molecule has 17 heavy (non-hydrogen) atoms. The van der Waals surface area contributed by atoms with Gasteiger partial charge in [0.05, 0.1) is 11.8 Å². The highest BCUT2D eigenvalue weighted by molar-refractivity contribution is 5.59. The van der Waals surface area contributed by atoms with Crippen molar-refractivity contribution in [2.45, 2.75) is 45.3 Å². The molecule has 0 radical (unpaired) electrons. The second-order valence-corrected chi connectivity index (χ2v) is 5.44. The van der Waals surface area contributed by atoms with Crippen LogP contribution < -0.4 is 14.8 Å². The number of benzene rings is 1. The van der Waals surface area contributed by atoms with Crippen molar-refractivity contribution in [3.8, 4) is 11.5 Å². The minimum Gasteiger partial charge on any atom is -0.488 e. The monoisotopic (exact) mass is 235 g/mol. The first-order valence-electron chi connectivity index (χ1n) is 6.15. The Morgan fingerprint density at radius 3 is 2.47 bits per heavy atom. The number of anilines is 1. The topological polar surface area (TPSA) is 30.5 Å². The van der Waals surface area contributed by atoms with Crippen LogP contribution in [-0.4, -0.2) is 18.8 Å². The van der Waals surface area contributed by atoms with Gasteiger partial charge in [-0.1, -0.05) is 0 Å². The van der Waals surface area contributed by atoms with Crippen molar-refractivity contribution in [1.29, 1.82) is 0 Å². The van der Waals surface area contributed by atoms with Gasteiger partial charge in [0.2, 0.25) is 0 Å². The zero-order valence-electron chi connectivity index (χ0n) is 11.0. The molecule has 0 atom stereocenters. The first-order chi connectivity index (χ1) is 7.98. The molecule has 3 nitrogen and oxygen atoms in total. The number of nitrogens with one attached hydrogen (secondary N) is 1. The van der Waals surface area contributed by atoms with E-state index in [-0.39, 0.29) is 5.60 Å². The minimum atomic E-state index is -0.177. The maximum atomic E-state index is 5.82. The molecule has 0 heterocycles. The van der Waals surface area contributed by atoms with E-state index in [1.54, 1.807) is 0 Å². The Hall–Kier alpha value is -1.38. The van der Waals surface area contributed by atoms with Crippen molar-refractivity contribution >= 4 is 5.69 Å². The predicted molar refractivity (Wildman–Crippen MR) is 70.0 cm³/mol. The van der Waals surface area contributed by atoms with E-state index in [9.17, 15) is 0 Å². The molecule has 1 aliphatic carbocycles. The number of hydrogen-bond acceptors (Lipinski definition) is 3. The number of ether oxygens (including phenoxy) is 2. The quantitative estimate of drug-likeness (QED) is 0.867. The van der Waals surface area contributed by atoms with Crippen molar-refractivity contribution < 1.29 is 9.47 Å². The normalized spacial score (nSPS) is 15.5. The lowest BCUT2D eigenvalue weighted by Gasteiger charge is -2.22. The van der Waals surface area contributed by atoms with Crippen LogP contribution in [0.3, 0.4) is 0 Å². The molecule has 0 aliphatic heterocycles. The van der Waals surface area contributed by atoms with Crippen LogP contribution in [0, 0.1) is 0 Å². The molecule has 1 aromatic carbocycles. The lowest BCUT2D eigenvalue weighted by Crippen LogP contribution is -2.22. The van der Waals surface area contributed by atoms with E-state index in [2.05, 4.69) is 5.32 Å². The fourth-order valence-corrected chi connectivity index (χ4v) is 1.59. The molecule has 1 aliphatic rings. The summed E-state index contributed by atoms with van der Waals surface area (Å²) in [7, 11) is 1.90. The van der Waals surface area contributed by atoms with Gasteiger partial charge in [-0.25, -0.2) is 0 Å². The van der Waals surface area contributed by atoms with E-state index in [1.807, 2.05) is 46.0 Å². The van der Waals surface area contributed by atoms with E-state index in [0.29, 0.717) is 6.10 Å². The Bertz CT molecular complexity index is 392. The van der Waals surface area contributed by atoms with Crippen molar-refractivity contribution in [3.05, 3.63) is 18.2 Å². The summed E-state index contributed by atoms with van der Waals surface area (Å²) in [6.45, 7) is 6.13. The largest absolute Gasteiger partial charge is 0.488 e. The van der Waals surface area contributed by atoms with Crippen LogP contribution in [0.15, 0.2) is 18.2 Å². The van der Waals surface area contributed by atoms with Crippen LogP contribution in [-0.2, 0) is 0 Å². The summed E-state index contributed by atoms with van der Waals surface area (Å²) in [5, 5.41) is 3.15. The van der Waals surface area contributed by atoms with E-state index < -0.39 is 0 Å². The van der Waals surface area contributed by atoms with Gasteiger partial charge >= 0.3 is 0 Å². The summed E-state index contributed by atoms with van der Waals surface area (Å²) in [6.07, 6.45) is 2.75. The fourth-order valence-electron chi connectivity index (χ4n) is 1.59. The first-order valence-corrected chi connectivity index (χ1v) is 6.15. The smallest absolute Gasteiger partial charge is 0.143 e. The van der Waals surface area contributed by atoms with Gasteiger partial charge in [-0.15, -0.1) is 0 Å². The Kier molecular flexibility index (Phi) is 3.18. The molecule has 0 bridgehead atoms. The standard InChI is InChI=1S/C14H21NO2/c1-14(2,3)17-11-7-8-13(12(9-11)15-4)16-10-5-6-10/h7-10,15H,5-6H2,1-4H3. The molecule has 1 fully saturated rings. The van der Waals surface area contributed by atoms with Crippen LogP contribution >= 0.6 is 0 Å². The second kappa shape index (κ2) is 4.47. The zero-order chi connectivity index (χ0) is 12.5. The van der Waals surface area contributed by atoms with Gasteiger partial charge < -0.3 is 14.8 Å². The Labute approximate surface area is 103 Å². The summed E-state index contributed by atoms with van der Waals surface area (Å²) in [4.78, 5) is 0. The molecule has 1 saturated carbocycles. The summed E-state index contributed by atoms with van der Waals surface area (Å²) >= 11 is 0. The van der Waals surface area contributed by atoms with Crippen molar-refractivity contribution in [2.24, 2.45) is 0 Å². The van der Waals surface area contributed by atoms with Gasteiger partial charge in [-0.05, 0) is 45.7 Å². The molecule has 3 heteroatoms. The van der Waals surface area contributed by atoms with Crippen LogP contribution in [0.2, 0.25) is 0 Å². The van der Waals surface area contributed by atoms with Crippen molar-refractivity contribution in [2.75, 3.05) is 12.4 Å². The predicted octanol–water partition coefficient (Wildman–Crippen LogP) is 3.45. The molecule has 94 valence electrons. The molecular weight excluding hydrogens is 214 g/mol. The third-order valence-electron chi connectivity index (χ3n) is 2.46. The number of rotatable bonds is 4. The Morgan fingerprint density at radius 1 is 1.24 bits per heavy atom. The maximum absolute atomic E-state index is 5.82. The Morgan fingerprint density at radius 2 is 1.94 bits per heavy atom. The Balaban J connectivity index is 2.14. The number of hydrogen-bond donors (Lipinski definition) is 1. The third-order valence-corrected chi connectivity index (χ3v) is 2.46. The van der Waals surface area contributed by atoms with E-state index >= 15 is 0 Å². The van der Waals surface area contributed by atoms with Crippen LogP contribution in [0.1, 0.15) is 33.6 Å². The zero-order valence-corrected chi connectivity index (χ0v) is 11.0. The molecule has 0 aromatic heterocycles. The average molecular weight is 235 g/mol. The third kappa shape index (κ3) is 3.55. The molecule has 1 aromatic rings. The van der Waals surface area contributed by atoms with Crippen molar-refractivity contribution in [1.82, 2.24) is 0 Å². The van der Waals surface area contributed by atoms with Gasteiger partial charge in [-0.2, -0.15) is 0 Å².